The summed E-state index contributed by atoms with van der Waals surface area (Å²) in [6.45, 7) is 4.31. The molecule has 2 aromatic heterocycles. The van der Waals surface area contributed by atoms with E-state index in [0.717, 1.165) is 25.7 Å². The van der Waals surface area contributed by atoms with E-state index in [1.165, 1.54) is 16.9 Å². The van der Waals surface area contributed by atoms with Gasteiger partial charge in [-0.1, -0.05) is 19.1 Å². The van der Waals surface area contributed by atoms with Gasteiger partial charge in [-0.05, 0) is 43.2 Å². The molecule has 170 valence electrons. The Morgan fingerprint density at radius 2 is 2.06 bits per heavy atom. The molecule has 9 nitrogen and oxygen atoms in total. The molecule has 3 aromatic rings. The summed E-state index contributed by atoms with van der Waals surface area (Å²) in [5, 5.41) is 35.5. The van der Waals surface area contributed by atoms with Crippen molar-refractivity contribution in [2.45, 2.75) is 51.7 Å². The van der Waals surface area contributed by atoms with E-state index in [4.69, 9.17) is 5.26 Å². The van der Waals surface area contributed by atoms with Crippen LogP contribution >= 0.6 is 0 Å². The zero-order valence-electron chi connectivity index (χ0n) is 18.8. The Balaban J connectivity index is 1.37. The maximum absolute atomic E-state index is 15.5. The van der Waals surface area contributed by atoms with Crippen LogP contribution in [-0.2, 0) is 0 Å². The molecule has 0 radical (unpaired) electrons. The summed E-state index contributed by atoms with van der Waals surface area (Å²) in [5.41, 5.74) is 0.981. The third-order valence-electron chi connectivity index (χ3n) is 7.34. The third kappa shape index (κ3) is 3.57. The van der Waals surface area contributed by atoms with Gasteiger partial charge in [0, 0.05) is 18.5 Å². The Morgan fingerprint density at radius 1 is 1.24 bits per heavy atom. The summed E-state index contributed by atoms with van der Waals surface area (Å²) in [4.78, 5) is 6.24. The quantitative estimate of drug-likeness (QED) is 0.645. The topological polar surface area (TPSA) is 117 Å². The molecule has 2 saturated carbocycles. The van der Waals surface area contributed by atoms with Gasteiger partial charge in [0.25, 0.3) is 0 Å². The van der Waals surface area contributed by atoms with Crippen molar-refractivity contribution in [3.05, 3.63) is 36.3 Å². The van der Waals surface area contributed by atoms with Gasteiger partial charge in [-0.2, -0.15) is 5.26 Å². The van der Waals surface area contributed by atoms with E-state index in [0.29, 0.717) is 17.1 Å². The number of rotatable bonds is 4. The predicted octanol–water partition coefficient (Wildman–Crippen LogP) is 3.44. The third-order valence-corrected chi connectivity index (χ3v) is 7.34. The molecule has 0 spiro atoms. The van der Waals surface area contributed by atoms with Crippen LogP contribution in [0.3, 0.4) is 0 Å². The first-order chi connectivity index (χ1) is 15.7. The van der Waals surface area contributed by atoms with Gasteiger partial charge in [0.15, 0.2) is 17.3 Å². The first-order valence-corrected chi connectivity index (χ1v) is 10.9. The van der Waals surface area contributed by atoms with E-state index in [2.05, 4.69) is 39.3 Å². The minimum Gasteiger partial charge on any atom is -0.507 e. The normalized spacial score (nSPS) is 28.5. The Morgan fingerprint density at radius 3 is 2.73 bits per heavy atom. The summed E-state index contributed by atoms with van der Waals surface area (Å²) in [6.07, 6.45) is 5.78. The zero-order chi connectivity index (χ0) is 23.4. The number of halogens is 1. The first-order valence-electron chi connectivity index (χ1n) is 10.9. The maximum atomic E-state index is 15.5. The number of phenolic OH excluding ortho intramolecular Hbond substituents is 1. The molecular formula is C23H25FN8O. The second-order valence-electron chi connectivity index (χ2n) is 9.93. The van der Waals surface area contributed by atoms with Crippen molar-refractivity contribution >= 4 is 5.82 Å². The SMILES string of the molecule is CN(c1cnc(-c2ccc(-n3cc(C#N)nn3)cc2O)nn1)[C@H]1C[C@]2(C)CC[C@@](C)(C2)[C@H]1F. The number of phenols is 1. The van der Waals surface area contributed by atoms with Gasteiger partial charge in [-0.25, -0.2) is 14.1 Å². The van der Waals surface area contributed by atoms with Gasteiger partial charge in [-0.3, -0.25) is 0 Å². The molecule has 33 heavy (non-hydrogen) atoms. The highest BCUT2D eigenvalue weighted by molar-refractivity contribution is 5.66. The van der Waals surface area contributed by atoms with Crippen molar-refractivity contribution < 1.29 is 9.50 Å². The smallest absolute Gasteiger partial charge is 0.185 e. The van der Waals surface area contributed by atoms with Gasteiger partial charge in [0.1, 0.15) is 18.0 Å². The summed E-state index contributed by atoms with van der Waals surface area (Å²) in [7, 11) is 1.85. The largest absolute Gasteiger partial charge is 0.507 e. The number of anilines is 1. The van der Waals surface area contributed by atoms with Crippen molar-refractivity contribution in [3.8, 4) is 28.9 Å². The standard InChI is InChI=1S/C23H25FN8O/c1-22-6-7-23(2,13-22)20(24)17(9-22)31(3)19-11-26-21(29-28-19)16-5-4-15(8-18(16)33)32-12-14(10-25)27-30-32/h4-5,8,11-12,17,20,33H,6-7,9,13H2,1-3H3/t17-,20-,22-,23-/m0/s1. The van der Waals surface area contributed by atoms with E-state index < -0.39 is 6.17 Å². The fourth-order valence-corrected chi connectivity index (χ4v) is 5.57. The number of aromatic nitrogens is 6. The van der Waals surface area contributed by atoms with Crippen molar-refractivity contribution in [1.82, 2.24) is 30.2 Å². The van der Waals surface area contributed by atoms with Crippen LogP contribution in [-0.4, -0.2) is 54.5 Å². The van der Waals surface area contributed by atoms with Crippen molar-refractivity contribution in [3.63, 3.8) is 0 Å². The molecule has 1 aromatic carbocycles. The van der Waals surface area contributed by atoms with Crippen LogP contribution in [0.25, 0.3) is 17.1 Å². The van der Waals surface area contributed by atoms with Crippen LogP contribution in [0, 0.1) is 22.2 Å². The lowest BCUT2D eigenvalue weighted by atomic mass is 9.67. The van der Waals surface area contributed by atoms with Gasteiger partial charge < -0.3 is 10.0 Å². The van der Waals surface area contributed by atoms with E-state index >= 15 is 4.39 Å². The summed E-state index contributed by atoms with van der Waals surface area (Å²) < 4.78 is 16.9. The monoisotopic (exact) mass is 448 g/mol. The summed E-state index contributed by atoms with van der Waals surface area (Å²) in [6, 6.07) is 6.48. The van der Waals surface area contributed by atoms with Crippen LogP contribution in [0.1, 0.15) is 45.2 Å². The van der Waals surface area contributed by atoms with E-state index in [1.54, 1.807) is 18.3 Å². The molecule has 5 rings (SSSR count). The fraction of sp³-hybridized carbons (Fsp3) is 0.478. The second kappa shape index (κ2) is 7.47. The van der Waals surface area contributed by atoms with Crippen LogP contribution in [0.5, 0.6) is 5.75 Å². The van der Waals surface area contributed by atoms with Crippen LogP contribution in [0.4, 0.5) is 10.2 Å². The Kier molecular flexibility index (Phi) is 4.81. The average molecular weight is 449 g/mol. The molecule has 2 bridgehead atoms. The Bertz CT molecular complexity index is 1240. The van der Waals surface area contributed by atoms with Crippen molar-refractivity contribution in [1.29, 1.82) is 5.26 Å². The molecule has 2 aliphatic carbocycles. The molecule has 2 heterocycles. The van der Waals surface area contributed by atoms with E-state index in [9.17, 15) is 5.11 Å². The number of aromatic hydroxyl groups is 1. The summed E-state index contributed by atoms with van der Waals surface area (Å²) in [5.74, 6) is 0.701. The minimum absolute atomic E-state index is 0.0575. The molecule has 0 unspecified atom stereocenters. The lowest BCUT2D eigenvalue weighted by Crippen LogP contribution is -2.52. The second-order valence-corrected chi connectivity index (χ2v) is 9.93. The minimum atomic E-state index is -0.936. The van der Waals surface area contributed by atoms with Crippen molar-refractivity contribution in [2.75, 3.05) is 11.9 Å². The molecule has 0 amide bonds. The highest BCUT2D eigenvalue weighted by Crippen LogP contribution is 2.59. The van der Waals surface area contributed by atoms with Crippen LogP contribution < -0.4 is 4.90 Å². The van der Waals surface area contributed by atoms with E-state index in [-0.39, 0.29) is 34.1 Å². The number of nitrogens with zero attached hydrogens (tertiary/aromatic N) is 8. The van der Waals surface area contributed by atoms with Gasteiger partial charge in [0.2, 0.25) is 0 Å². The lowest BCUT2D eigenvalue weighted by Gasteiger charge is -2.46. The molecule has 2 aliphatic rings. The van der Waals surface area contributed by atoms with Crippen LogP contribution in [0.2, 0.25) is 0 Å². The zero-order valence-corrected chi connectivity index (χ0v) is 18.8. The van der Waals surface area contributed by atoms with Crippen molar-refractivity contribution in [2.24, 2.45) is 10.8 Å². The maximum Gasteiger partial charge on any atom is 0.185 e. The Hall–Kier alpha value is -3.61. The highest BCUT2D eigenvalue weighted by atomic mass is 19.1. The lowest BCUT2D eigenvalue weighted by molar-refractivity contribution is 0.0380. The fourth-order valence-electron chi connectivity index (χ4n) is 5.57. The number of alkyl halides is 1. The van der Waals surface area contributed by atoms with E-state index in [1.807, 2.05) is 18.0 Å². The van der Waals surface area contributed by atoms with Gasteiger partial charge in [-0.15, -0.1) is 15.3 Å². The molecule has 4 atom stereocenters. The van der Waals surface area contributed by atoms with Gasteiger partial charge >= 0.3 is 0 Å². The summed E-state index contributed by atoms with van der Waals surface area (Å²) >= 11 is 0. The molecular weight excluding hydrogens is 423 g/mol. The predicted molar refractivity (Wildman–Crippen MR) is 118 cm³/mol. The Labute approximate surface area is 190 Å². The molecule has 1 N–H and O–H groups in total. The highest BCUT2D eigenvalue weighted by Gasteiger charge is 2.56. The molecule has 2 fully saturated rings. The first kappa shape index (κ1) is 21.2. The number of nitriles is 1. The number of hydrogen-bond donors (Lipinski definition) is 1. The molecule has 0 saturated heterocycles. The molecule has 0 aliphatic heterocycles. The number of benzene rings is 1. The molecule has 10 heteroatoms. The van der Waals surface area contributed by atoms with Crippen LogP contribution in [0.15, 0.2) is 30.6 Å². The number of hydrogen-bond acceptors (Lipinski definition) is 8. The average Bonchev–Trinajstić information content (AvgIpc) is 3.39. The number of fused-ring (bicyclic) bond motifs is 2. The van der Waals surface area contributed by atoms with Gasteiger partial charge in [0.05, 0.1) is 29.7 Å².